The van der Waals surface area contributed by atoms with E-state index in [4.69, 9.17) is 4.74 Å². The number of carbonyl (C=O) groups excluding carboxylic acids is 1. The summed E-state index contributed by atoms with van der Waals surface area (Å²) in [6.07, 6.45) is -0.743. The van der Waals surface area contributed by atoms with Gasteiger partial charge in [-0.05, 0) is 31.2 Å². The first-order valence-corrected chi connectivity index (χ1v) is 9.33. The van der Waals surface area contributed by atoms with E-state index in [2.05, 4.69) is 17.2 Å². The predicted molar refractivity (Wildman–Crippen MR) is 116 cm³/mol. The van der Waals surface area contributed by atoms with Crippen LogP contribution in [0.15, 0.2) is 76.8 Å². The van der Waals surface area contributed by atoms with Crippen molar-refractivity contribution in [3.8, 4) is 11.4 Å². The largest absolute Gasteiger partial charge is 0.450 e. The van der Waals surface area contributed by atoms with Crippen LogP contribution in [0, 0.1) is 0 Å². The molecule has 0 bridgehead atoms. The summed E-state index contributed by atoms with van der Waals surface area (Å²) in [5.74, 6) is 0.199. The van der Waals surface area contributed by atoms with Crippen molar-refractivity contribution in [1.82, 2.24) is 14.5 Å². The number of alkyl carbamates (subject to hydrolysis) is 1. The summed E-state index contributed by atoms with van der Waals surface area (Å²) in [7, 11) is 1.58. The number of hydrogen-bond donors (Lipinski definition) is 2. The van der Waals surface area contributed by atoms with E-state index in [0.29, 0.717) is 11.4 Å². The molecule has 0 aliphatic rings. The van der Waals surface area contributed by atoms with Crippen molar-refractivity contribution in [2.75, 3.05) is 19.0 Å². The van der Waals surface area contributed by atoms with Crippen molar-refractivity contribution in [3.05, 3.63) is 93.6 Å². The van der Waals surface area contributed by atoms with Crippen LogP contribution in [-0.2, 0) is 4.74 Å². The molecule has 2 N–H and O–H groups in total. The summed E-state index contributed by atoms with van der Waals surface area (Å²) >= 11 is 0. The van der Waals surface area contributed by atoms with Crippen molar-refractivity contribution in [2.24, 2.45) is 0 Å². The van der Waals surface area contributed by atoms with Crippen LogP contribution in [0.1, 0.15) is 12.5 Å². The van der Waals surface area contributed by atoms with Crippen molar-refractivity contribution in [3.63, 3.8) is 0 Å². The molecule has 2 aromatic carbocycles. The van der Waals surface area contributed by atoms with Gasteiger partial charge in [0.25, 0.3) is 5.56 Å². The molecule has 8 heteroatoms. The van der Waals surface area contributed by atoms with Crippen molar-refractivity contribution in [1.29, 1.82) is 0 Å². The minimum absolute atomic E-state index is 0.0113. The second-order valence-corrected chi connectivity index (χ2v) is 6.23. The first-order valence-electron chi connectivity index (χ1n) is 9.33. The number of rotatable bonds is 6. The van der Waals surface area contributed by atoms with Crippen molar-refractivity contribution in [2.45, 2.75) is 6.92 Å². The molecule has 3 aromatic rings. The first-order chi connectivity index (χ1) is 14.5. The monoisotopic (exact) mass is 406 g/mol. The van der Waals surface area contributed by atoms with Crippen LogP contribution in [0.2, 0.25) is 0 Å². The number of carbonyl (C=O) groups is 1. The summed E-state index contributed by atoms with van der Waals surface area (Å²) in [6, 6.07) is 17.4. The Kier molecular flexibility index (Phi) is 6.17. The molecular weight excluding hydrogens is 384 g/mol. The van der Waals surface area contributed by atoms with Gasteiger partial charge < -0.3 is 10.1 Å². The van der Waals surface area contributed by atoms with E-state index in [1.807, 2.05) is 6.07 Å². The quantitative estimate of drug-likeness (QED) is 0.657. The number of nitrogens with one attached hydrogen (secondary N) is 2. The highest BCUT2D eigenvalue weighted by Crippen LogP contribution is 2.20. The van der Waals surface area contributed by atoms with Gasteiger partial charge in [-0.25, -0.2) is 18.7 Å². The van der Waals surface area contributed by atoms with E-state index < -0.39 is 17.3 Å². The van der Waals surface area contributed by atoms with Gasteiger partial charge in [0.05, 0.1) is 23.7 Å². The Bertz CT molecular complexity index is 1180. The van der Waals surface area contributed by atoms with Gasteiger partial charge in [-0.15, -0.1) is 0 Å². The number of aromatic nitrogens is 2. The molecule has 0 saturated carbocycles. The minimum atomic E-state index is -0.743. The number of para-hydroxylation sites is 2. The Hall–Kier alpha value is -4.07. The molecular formula is C22H22N4O4. The third-order valence-corrected chi connectivity index (χ3v) is 4.36. The highest BCUT2D eigenvalue weighted by Gasteiger charge is 2.23. The van der Waals surface area contributed by atoms with Gasteiger partial charge >= 0.3 is 11.8 Å². The number of benzene rings is 2. The predicted octanol–water partition coefficient (Wildman–Crippen LogP) is 2.75. The van der Waals surface area contributed by atoms with Crippen LogP contribution in [0.5, 0.6) is 0 Å². The normalized spacial score (nSPS) is 10.3. The number of anilines is 1. The lowest BCUT2D eigenvalue weighted by atomic mass is 10.2. The molecule has 0 atom stereocenters. The Labute approximate surface area is 173 Å². The zero-order chi connectivity index (χ0) is 21.7. The molecule has 0 aliphatic heterocycles. The number of hydrogen-bond acceptors (Lipinski definition) is 5. The van der Waals surface area contributed by atoms with Crippen LogP contribution < -0.4 is 21.9 Å². The maximum Gasteiger partial charge on any atom is 0.411 e. The van der Waals surface area contributed by atoms with Crippen LogP contribution in [0.25, 0.3) is 17.1 Å². The van der Waals surface area contributed by atoms with Crippen LogP contribution in [0.4, 0.5) is 10.6 Å². The molecule has 0 radical (unpaired) electrons. The molecule has 3 rings (SSSR count). The maximum atomic E-state index is 13.4. The lowest BCUT2D eigenvalue weighted by Crippen LogP contribution is -2.42. The Balaban J connectivity index is 2.36. The summed E-state index contributed by atoms with van der Waals surface area (Å²) in [5, 5.41) is 5.37. The SMILES string of the molecule is C=C(NC(=O)OCC)c1c(NC)n(-c2ccccc2)c(=O)n(-c2ccccc2)c1=O. The van der Waals surface area contributed by atoms with E-state index in [9.17, 15) is 14.4 Å². The second kappa shape index (κ2) is 8.95. The number of ether oxygens (including phenoxy) is 1. The van der Waals surface area contributed by atoms with Gasteiger partial charge in [0.1, 0.15) is 11.4 Å². The molecule has 1 heterocycles. The third-order valence-electron chi connectivity index (χ3n) is 4.36. The summed E-state index contributed by atoms with van der Waals surface area (Å²) in [4.78, 5) is 38.7. The lowest BCUT2D eigenvalue weighted by Gasteiger charge is -2.20. The fourth-order valence-electron chi connectivity index (χ4n) is 3.09. The Morgan fingerprint density at radius 3 is 2.00 bits per heavy atom. The van der Waals surface area contributed by atoms with E-state index in [-0.39, 0.29) is 23.7 Å². The Morgan fingerprint density at radius 2 is 1.50 bits per heavy atom. The van der Waals surface area contributed by atoms with E-state index in [1.54, 1.807) is 68.6 Å². The fourth-order valence-corrected chi connectivity index (χ4v) is 3.09. The standard InChI is InChI=1S/C22H22N4O4/c1-4-30-21(28)24-15(2)18-19(23-3)25(16-11-7-5-8-12-16)22(29)26(20(18)27)17-13-9-6-10-14-17/h5-14,23H,2,4H2,1,3H3,(H,24,28). The number of amides is 1. The fraction of sp³-hybridized carbons (Fsp3) is 0.136. The van der Waals surface area contributed by atoms with Crippen molar-refractivity contribution >= 4 is 17.6 Å². The number of nitrogens with zero attached hydrogens (tertiary/aromatic N) is 2. The molecule has 1 aromatic heterocycles. The lowest BCUT2D eigenvalue weighted by molar-refractivity contribution is 0.157. The van der Waals surface area contributed by atoms with E-state index in [1.165, 1.54) is 4.57 Å². The van der Waals surface area contributed by atoms with Gasteiger partial charge in [-0.3, -0.25) is 10.1 Å². The molecule has 1 amide bonds. The highest BCUT2D eigenvalue weighted by molar-refractivity contribution is 5.84. The molecule has 8 nitrogen and oxygen atoms in total. The first kappa shape index (κ1) is 20.7. The van der Waals surface area contributed by atoms with Crippen LogP contribution in [0.3, 0.4) is 0 Å². The van der Waals surface area contributed by atoms with E-state index >= 15 is 0 Å². The minimum Gasteiger partial charge on any atom is -0.450 e. The summed E-state index contributed by atoms with van der Waals surface area (Å²) < 4.78 is 7.30. The zero-order valence-electron chi connectivity index (χ0n) is 16.7. The van der Waals surface area contributed by atoms with Gasteiger partial charge in [0, 0.05) is 7.05 Å². The molecule has 0 aliphatic carbocycles. The molecule has 0 fully saturated rings. The van der Waals surface area contributed by atoms with Crippen LogP contribution >= 0.6 is 0 Å². The Morgan fingerprint density at radius 1 is 0.967 bits per heavy atom. The summed E-state index contributed by atoms with van der Waals surface area (Å²) in [5.41, 5.74) is -0.194. The van der Waals surface area contributed by atoms with Gasteiger partial charge in [-0.1, -0.05) is 43.0 Å². The van der Waals surface area contributed by atoms with E-state index in [0.717, 1.165) is 4.57 Å². The molecule has 154 valence electrons. The van der Waals surface area contributed by atoms with Gasteiger partial charge in [-0.2, -0.15) is 0 Å². The molecule has 0 saturated heterocycles. The van der Waals surface area contributed by atoms with Crippen LogP contribution in [-0.4, -0.2) is 28.9 Å². The molecule has 0 unspecified atom stereocenters. The topological polar surface area (TPSA) is 94.4 Å². The average molecular weight is 406 g/mol. The second-order valence-electron chi connectivity index (χ2n) is 6.23. The molecule has 0 spiro atoms. The van der Waals surface area contributed by atoms with Crippen molar-refractivity contribution < 1.29 is 9.53 Å². The average Bonchev–Trinajstić information content (AvgIpc) is 2.74. The summed E-state index contributed by atoms with van der Waals surface area (Å²) in [6.45, 7) is 5.66. The van der Waals surface area contributed by atoms with Gasteiger partial charge in [0.2, 0.25) is 0 Å². The highest BCUT2D eigenvalue weighted by atomic mass is 16.5. The smallest absolute Gasteiger partial charge is 0.411 e. The van der Waals surface area contributed by atoms with Gasteiger partial charge in [0.15, 0.2) is 0 Å². The molecule has 30 heavy (non-hydrogen) atoms. The third kappa shape index (κ3) is 3.88. The maximum absolute atomic E-state index is 13.4. The zero-order valence-corrected chi connectivity index (χ0v) is 16.7.